The summed E-state index contributed by atoms with van der Waals surface area (Å²) in [5, 5.41) is 16.0. The summed E-state index contributed by atoms with van der Waals surface area (Å²) in [5.41, 5.74) is 11.6. The van der Waals surface area contributed by atoms with E-state index in [-0.39, 0.29) is 0 Å². The molecule has 0 bridgehead atoms. The molecule has 0 saturated carbocycles. The molecule has 11 aromatic carbocycles. The van der Waals surface area contributed by atoms with E-state index in [1.54, 1.807) is 0 Å². The van der Waals surface area contributed by atoms with Gasteiger partial charge in [-0.3, -0.25) is 4.40 Å². The van der Waals surface area contributed by atoms with Crippen molar-refractivity contribution in [1.29, 1.82) is 0 Å². The minimum atomic E-state index is 0.992. The van der Waals surface area contributed by atoms with Crippen molar-refractivity contribution < 1.29 is 0 Å². The number of hydrogen-bond donors (Lipinski definition) is 0. The second kappa shape index (κ2) is 12.3. The number of para-hydroxylation sites is 2. The van der Waals surface area contributed by atoms with Crippen LogP contribution in [0.25, 0.3) is 126 Å². The highest BCUT2D eigenvalue weighted by atomic mass is 15.0. The van der Waals surface area contributed by atoms with Gasteiger partial charge in [0.05, 0.1) is 16.6 Å². The SMILES string of the molecule is c1ccc2cc(-c3c4ccccc4c(-c4ccc5ccccc5c4)c4cc(-c5ccc6c7ccc8ccccc8c7c7nc8ccccc8n7c6c5)ccc34)ccc2c1. The molecule has 0 aliphatic carbocycles. The zero-order valence-electron chi connectivity index (χ0n) is 32.0. The average molecular weight is 747 g/mol. The summed E-state index contributed by atoms with van der Waals surface area (Å²) in [6.07, 6.45) is 0. The van der Waals surface area contributed by atoms with Crippen LogP contribution in [-0.4, -0.2) is 9.38 Å². The number of aromatic nitrogens is 2. The zero-order valence-corrected chi connectivity index (χ0v) is 32.0. The van der Waals surface area contributed by atoms with Gasteiger partial charge < -0.3 is 0 Å². The van der Waals surface area contributed by atoms with E-state index in [9.17, 15) is 0 Å². The molecule has 2 heterocycles. The average Bonchev–Trinajstić information content (AvgIpc) is 3.70. The molecule has 0 fully saturated rings. The van der Waals surface area contributed by atoms with Gasteiger partial charge in [-0.25, -0.2) is 4.98 Å². The lowest BCUT2D eigenvalue weighted by molar-refractivity contribution is 1.32. The molecule has 2 aromatic heterocycles. The molecule has 0 aliphatic rings. The normalized spacial score (nSPS) is 12.1. The van der Waals surface area contributed by atoms with Gasteiger partial charge in [0.15, 0.2) is 0 Å². The van der Waals surface area contributed by atoms with Gasteiger partial charge in [-0.05, 0) is 129 Å². The molecule has 0 spiro atoms. The fraction of sp³-hybridized carbons (Fsp3) is 0. The van der Waals surface area contributed by atoms with Gasteiger partial charge in [-0.1, -0.05) is 170 Å². The molecule has 0 amide bonds. The van der Waals surface area contributed by atoms with Gasteiger partial charge in [0.1, 0.15) is 5.65 Å². The van der Waals surface area contributed by atoms with E-state index >= 15 is 0 Å². The van der Waals surface area contributed by atoms with Gasteiger partial charge in [0.2, 0.25) is 0 Å². The second-order valence-electron chi connectivity index (χ2n) is 15.9. The first-order chi connectivity index (χ1) is 29.2. The van der Waals surface area contributed by atoms with E-state index in [2.05, 4.69) is 211 Å². The Morgan fingerprint density at radius 1 is 0.288 bits per heavy atom. The summed E-state index contributed by atoms with van der Waals surface area (Å²) in [7, 11) is 0. The number of benzene rings is 11. The van der Waals surface area contributed by atoms with Gasteiger partial charge in [-0.15, -0.1) is 0 Å². The highest BCUT2D eigenvalue weighted by Crippen LogP contribution is 2.46. The smallest absolute Gasteiger partial charge is 0.147 e. The molecular weight excluding hydrogens is 713 g/mol. The summed E-state index contributed by atoms with van der Waals surface area (Å²) < 4.78 is 2.38. The Kier molecular flexibility index (Phi) is 6.76. The summed E-state index contributed by atoms with van der Waals surface area (Å²) >= 11 is 0. The van der Waals surface area contributed by atoms with Crippen LogP contribution in [0.2, 0.25) is 0 Å². The largest absolute Gasteiger partial charge is 0.292 e. The van der Waals surface area contributed by atoms with Crippen molar-refractivity contribution in [2.24, 2.45) is 0 Å². The molecule has 13 aromatic rings. The number of imidazole rings is 1. The molecular formula is C57H34N2. The van der Waals surface area contributed by atoms with E-state index in [4.69, 9.17) is 4.98 Å². The number of rotatable bonds is 3. The summed E-state index contributed by atoms with van der Waals surface area (Å²) in [5.74, 6) is 0. The molecule has 0 N–H and O–H groups in total. The zero-order chi connectivity index (χ0) is 38.6. The minimum absolute atomic E-state index is 0.992. The van der Waals surface area contributed by atoms with Gasteiger partial charge in [-0.2, -0.15) is 0 Å². The predicted octanol–water partition coefficient (Wildman–Crippen LogP) is 15.6. The van der Waals surface area contributed by atoms with Crippen LogP contribution in [-0.2, 0) is 0 Å². The van der Waals surface area contributed by atoms with Crippen LogP contribution in [0.1, 0.15) is 0 Å². The third-order valence-electron chi connectivity index (χ3n) is 12.7. The molecule has 2 heteroatoms. The summed E-state index contributed by atoms with van der Waals surface area (Å²) in [6, 6.07) is 76.0. The standard InChI is InChI=1S/C57H34N2/c1-3-14-38-31-42(23-21-35(38)11-1)54-46-17-7-8-18-47(46)55(43-24-22-36-12-2-4-15-39(36)32-43)50-33-40(27-30-49(50)54)41-26-28-45-48-29-25-37-13-5-6-16-44(37)56(48)57-58-51-19-9-10-20-52(51)59(57)53(45)34-41/h1-34H. The molecule has 13 rings (SSSR count). The fourth-order valence-corrected chi connectivity index (χ4v) is 9.97. The van der Waals surface area contributed by atoms with Crippen LogP contribution >= 0.6 is 0 Å². The molecule has 59 heavy (non-hydrogen) atoms. The molecule has 0 saturated heterocycles. The first kappa shape index (κ1) is 32.3. The Morgan fingerprint density at radius 3 is 1.49 bits per heavy atom. The highest BCUT2D eigenvalue weighted by molar-refractivity contribution is 6.25. The Hall–Kier alpha value is -7.81. The Labute approximate surface area is 339 Å². The third-order valence-corrected chi connectivity index (χ3v) is 12.7. The van der Waals surface area contributed by atoms with Crippen molar-refractivity contribution in [2.75, 3.05) is 0 Å². The van der Waals surface area contributed by atoms with E-state index < -0.39 is 0 Å². The highest BCUT2D eigenvalue weighted by Gasteiger charge is 2.20. The topological polar surface area (TPSA) is 17.3 Å². The van der Waals surface area contributed by atoms with Crippen molar-refractivity contribution in [3.05, 3.63) is 206 Å². The maximum Gasteiger partial charge on any atom is 0.147 e. The van der Waals surface area contributed by atoms with Gasteiger partial charge >= 0.3 is 0 Å². The molecule has 0 aliphatic heterocycles. The predicted molar refractivity (Wildman–Crippen MR) is 252 cm³/mol. The van der Waals surface area contributed by atoms with Crippen LogP contribution in [0.15, 0.2) is 206 Å². The summed E-state index contributed by atoms with van der Waals surface area (Å²) in [6.45, 7) is 0. The lowest BCUT2D eigenvalue weighted by Crippen LogP contribution is -1.94. The Balaban J connectivity index is 1.13. The molecule has 0 radical (unpaired) electrons. The van der Waals surface area contributed by atoms with Gasteiger partial charge in [0, 0.05) is 10.8 Å². The third kappa shape index (κ3) is 4.78. The van der Waals surface area contributed by atoms with Crippen LogP contribution in [0, 0.1) is 0 Å². The van der Waals surface area contributed by atoms with E-state index in [0.717, 1.165) is 22.2 Å². The van der Waals surface area contributed by atoms with Crippen molar-refractivity contribution >= 4 is 92.2 Å². The number of pyridine rings is 1. The van der Waals surface area contributed by atoms with Crippen LogP contribution in [0.3, 0.4) is 0 Å². The molecule has 272 valence electrons. The van der Waals surface area contributed by atoms with Gasteiger partial charge in [0.25, 0.3) is 0 Å². The fourth-order valence-electron chi connectivity index (χ4n) is 9.97. The number of hydrogen-bond acceptors (Lipinski definition) is 1. The van der Waals surface area contributed by atoms with E-state index in [1.807, 2.05) is 0 Å². The first-order valence-corrected chi connectivity index (χ1v) is 20.4. The molecule has 2 nitrogen and oxygen atoms in total. The lowest BCUT2D eigenvalue weighted by atomic mass is 9.84. The lowest BCUT2D eigenvalue weighted by Gasteiger charge is -2.19. The molecule has 0 unspecified atom stereocenters. The van der Waals surface area contributed by atoms with Crippen LogP contribution < -0.4 is 0 Å². The first-order valence-electron chi connectivity index (χ1n) is 20.4. The van der Waals surface area contributed by atoms with E-state index in [1.165, 1.54) is 103 Å². The monoisotopic (exact) mass is 746 g/mol. The maximum absolute atomic E-state index is 5.30. The van der Waals surface area contributed by atoms with Crippen LogP contribution in [0.4, 0.5) is 0 Å². The van der Waals surface area contributed by atoms with E-state index in [0.29, 0.717) is 0 Å². The summed E-state index contributed by atoms with van der Waals surface area (Å²) in [4.78, 5) is 5.30. The Bertz CT molecular complexity index is 3910. The minimum Gasteiger partial charge on any atom is -0.292 e. The number of nitrogens with zero attached hydrogens (tertiary/aromatic N) is 2. The second-order valence-corrected chi connectivity index (χ2v) is 15.9. The maximum atomic E-state index is 5.30. The van der Waals surface area contributed by atoms with Crippen molar-refractivity contribution in [1.82, 2.24) is 9.38 Å². The van der Waals surface area contributed by atoms with Crippen LogP contribution in [0.5, 0.6) is 0 Å². The van der Waals surface area contributed by atoms with Crippen molar-refractivity contribution in [3.63, 3.8) is 0 Å². The molecule has 0 atom stereocenters. The van der Waals surface area contributed by atoms with Crippen molar-refractivity contribution in [3.8, 4) is 33.4 Å². The Morgan fingerprint density at radius 2 is 0.780 bits per heavy atom. The quantitative estimate of drug-likeness (QED) is 0.130. The number of fused-ring (bicyclic) bond motifs is 14. The van der Waals surface area contributed by atoms with Crippen molar-refractivity contribution in [2.45, 2.75) is 0 Å².